The van der Waals surface area contributed by atoms with E-state index in [-0.39, 0.29) is 26.7 Å². The summed E-state index contributed by atoms with van der Waals surface area (Å²) in [4.78, 5) is 15.4. The van der Waals surface area contributed by atoms with Crippen molar-refractivity contribution < 1.29 is 13.9 Å². The lowest BCUT2D eigenvalue weighted by molar-refractivity contribution is 0.0596. The summed E-state index contributed by atoms with van der Waals surface area (Å²) in [6, 6.07) is 2.88. The van der Waals surface area contributed by atoms with Crippen LogP contribution in [-0.4, -0.2) is 18.1 Å². The highest BCUT2D eigenvalue weighted by atomic mass is 35.5. The van der Waals surface area contributed by atoms with Gasteiger partial charge in [-0.1, -0.05) is 34.8 Å². The highest BCUT2D eigenvalue weighted by Gasteiger charge is 2.22. The maximum atomic E-state index is 13.8. The molecule has 0 radical (unpaired) electrons. The lowest BCUT2D eigenvalue weighted by Crippen LogP contribution is -2.08. The van der Waals surface area contributed by atoms with E-state index in [1.165, 1.54) is 18.3 Å². The van der Waals surface area contributed by atoms with E-state index in [1.807, 2.05) is 0 Å². The second-order valence-corrected chi connectivity index (χ2v) is 5.03. The quantitative estimate of drug-likeness (QED) is 0.751. The number of rotatable bonds is 2. The van der Waals surface area contributed by atoms with Gasteiger partial charge >= 0.3 is 5.97 Å². The number of carbonyl (C=O) groups excluding carboxylic acids is 1. The van der Waals surface area contributed by atoms with Gasteiger partial charge in [0.05, 0.1) is 23.4 Å². The Kier molecular flexibility index (Phi) is 4.48. The highest BCUT2D eigenvalue weighted by Crippen LogP contribution is 2.39. The summed E-state index contributed by atoms with van der Waals surface area (Å²) in [5.74, 6) is -1.67. The summed E-state index contributed by atoms with van der Waals surface area (Å²) in [6.45, 7) is 0. The van der Waals surface area contributed by atoms with E-state index < -0.39 is 11.8 Å². The molecule has 0 atom stereocenters. The van der Waals surface area contributed by atoms with Gasteiger partial charge in [-0.3, -0.25) is 4.98 Å². The molecule has 0 aliphatic heterocycles. The van der Waals surface area contributed by atoms with Crippen LogP contribution in [0, 0.1) is 5.82 Å². The third kappa shape index (κ3) is 2.73. The Labute approximate surface area is 129 Å². The molecule has 0 amide bonds. The number of hydrogen-bond donors (Lipinski definition) is 0. The van der Waals surface area contributed by atoms with Crippen molar-refractivity contribution in [2.45, 2.75) is 0 Å². The second-order valence-electron chi connectivity index (χ2n) is 3.78. The molecule has 7 heteroatoms. The molecule has 0 aliphatic rings. The van der Waals surface area contributed by atoms with Gasteiger partial charge in [-0.15, -0.1) is 0 Å². The minimum absolute atomic E-state index is 0.142. The average molecular weight is 335 g/mol. The van der Waals surface area contributed by atoms with Gasteiger partial charge in [-0.2, -0.15) is 0 Å². The molecule has 3 nitrogen and oxygen atoms in total. The van der Waals surface area contributed by atoms with Crippen molar-refractivity contribution in [2.75, 3.05) is 7.11 Å². The second kappa shape index (κ2) is 5.95. The van der Waals surface area contributed by atoms with Crippen molar-refractivity contribution in [3.05, 3.63) is 51.0 Å². The maximum absolute atomic E-state index is 13.8. The van der Waals surface area contributed by atoms with Gasteiger partial charge < -0.3 is 4.74 Å². The maximum Gasteiger partial charge on any atom is 0.341 e. The van der Waals surface area contributed by atoms with Gasteiger partial charge in [0.1, 0.15) is 5.56 Å². The first-order chi connectivity index (χ1) is 9.45. The number of pyridine rings is 1. The van der Waals surface area contributed by atoms with Crippen LogP contribution >= 0.6 is 34.8 Å². The van der Waals surface area contributed by atoms with Crippen LogP contribution in [-0.2, 0) is 4.74 Å². The molecule has 104 valence electrons. The number of nitrogens with zero attached hydrogens (tertiary/aromatic N) is 1. The largest absolute Gasteiger partial charge is 0.465 e. The zero-order valence-electron chi connectivity index (χ0n) is 10.1. The molecule has 0 unspecified atom stereocenters. The minimum Gasteiger partial charge on any atom is -0.465 e. The van der Waals surface area contributed by atoms with Gasteiger partial charge in [-0.05, 0) is 12.1 Å². The molecule has 0 bridgehead atoms. The smallest absolute Gasteiger partial charge is 0.341 e. The predicted molar refractivity (Wildman–Crippen MR) is 76.0 cm³/mol. The molecular weight excluding hydrogens is 328 g/mol. The summed E-state index contributed by atoms with van der Waals surface area (Å²) in [5.41, 5.74) is 0.127. The third-order valence-corrected chi connectivity index (χ3v) is 3.38. The number of carbonyl (C=O) groups is 1. The van der Waals surface area contributed by atoms with E-state index in [0.717, 1.165) is 13.3 Å². The molecule has 0 fully saturated rings. The number of halogens is 4. The molecule has 1 heterocycles. The van der Waals surface area contributed by atoms with Gasteiger partial charge in [0, 0.05) is 22.3 Å². The van der Waals surface area contributed by atoms with Gasteiger partial charge in [0.15, 0.2) is 5.82 Å². The van der Waals surface area contributed by atoms with E-state index in [0.29, 0.717) is 5.02 Å². The summed E-state index contributed by atoms with van der Waals surface area (Å²) in [7, 11) is 1.15. The molecule has 20 heavy (non-hydrogen) atoms. The number of esters is 1. The van der Waals surface area contributed by atoms with Crippen molar-refractivity contribution >= 4 is 40.8 Å². The van der Waals surface area contributed by atoms with Gasteiger partial charge in [0.25, 0.3) is 0 Å². The average Bonchev–Trinajstić information content (AvgIpc) is 2.37. The molecule has 1 aromatic heterocycles. The molecule has 0 saturated heterocycles. The van der Waals surface area contributed by atoms with E-state index >= 15 is 0 Å². The fourth-order valence-corrected chi connectivity index (χ4v) is 2.75. The SMILES string of the molecule is COC(=O)c1c(F)cncc1-c1c(Cl)cc(Cl)cc1Cl. The Morgan fingerprint density at radius 3 is 2.35 bits per heavy atom. The van der Waals surface area contributed by atoms with Crippen LogP contribution in [0.25, 0.3) is 11.1 Å². The molecule has 2 rings (SSSR count). The van der Waals surface area contributed by atoms with E-state index in [9.17, 15) is 9.18 Å². The Morgan fingerprint density at radius 1 is 1.20 bits per heavy atom. The predicted octanol–water partition coefficient (Wildman–Crippen LogP) is 4.63. The first-order valence-electron chi connectivity index (χ1n) is 5.32. The van der Waals surface area contributed by atoms with Crippen LogP contribution < -0.4 is 0 Å². The highest BCUT2D eigenvalue weighted by molar-refractivity contribution is 6.42. The lowest BCUT2D eigenvalue weighted by atomic mass is 10.0. The fraction of sp³-hybridized carbons (Fsp3) is 0.0769. The number of aromatic nitrogens is 1. The van der Waals surface area contributed by atoms with Crippen LogP contribution in [0.15, 0.2) is 24.5 Å². The minimum atomic E-state index is -0.845. The normalized spacial score (nSPS) is 10.4. The zero-order valence-corrected chi connectivity index (χ0v) is 12.4. The first-order valence-corrected chi connectivity index (χ1v) is 6.45. The number of hydrogen-bond acceptors (Lipinski definition) is 3. The Hall–Kier alpha value is -1.36. The van der Waals surface area contributed by atoms with Gasteiger partial charge in [-0.25, -0.2) is 9.18 Å². The summed E-state index contributed by atoms with van der Waals surface area (Å²) >= 11 is 18.0. The molecule has 0 aliphatic carbocycles. The Balaban J connectivity index is 2.77. The topological polar surface area (TPSA) is 39.2 Å². The molecular formula is C13H7Cl3FNO2. The molecule has 0 spiro atoms. The summed E-state index contributed by atoms with van der Waals surface area (Å²) in [6.07, 6.45) is 2.20. The van der Waals surface area contributed by atoms with E-state index in [2.05, 4.69) is 9.72 Å². The first kappa shape index (κ1) is 15.0. The van der Waals surface area contributed by atoms with Gasteiger partial charge in [0.2, 0.25) is 0 Å². The van der Waals surface area contributed by atoms with Crippen molar-refractivity contribution in [3.8, 4) is 11.1 Å². The van der Waals surface area contributed by atoms with Crippen LogP contribution in [0.2, 0.25) is 15.1 Å². The van der Waals surface area contributed by atoms with Crippen LogP contribution in [0.3, 0.4) is 0 Å². The molecule has 1 aromatic carbocycles. The lowest BCUT2D eigenvalue weighted by Gasteiger charge is -2.12. The van der Waals surface area contributed by atoms with Crippen LogP contribution in [0.1, 0.15) is 10.4 Å². The summed E-state index contributed by atoms with van der Waals surface area (Å²) < 4.78 is 18.4. The number of benzene rings is 1. The molecule has 2 aromatic rings. The Bertz CT molecular complexity index is 668. The van der Waals surface area contributed by atoms with Crippen LogP contribution in [0.5, 0.6) is 0 Å². The van der Waals surface area contributed by atoms with Crippen molar-refractivity contribution in [1.29, 1.82) is 0 Å². The van der Waals surface area contributed by atoms with Crippen LogP contribution in [0.4, 0.5) is 4.39 Å². The molecule has 0 saturated carbocycles. The van der Waals surface area contributed by atoms with Crippen molar-refractivity contribution in [2.24, 2.45) is 0 Å². The Morgan fingerprint density at radius 2 is 1.80 bits per heavy atom. The standard InChI is InChI=1S/C13H7Cl3FNO2/c1-20-13(19)12-7(4-18-5-10(12)17)11-8(15)2-6(14)3-9(11)16/h2-5H,1H3. The van der Waals surface area contributed by atoms with E-state index in [4.69, 9.17) is 34.8 Å². The van der Waals surface area contributed by atoms with E-state index in [1.54, 1.807) is 0 Å². The van der Waals surface area contributed by atoms with Crippen molar-refractivity contribution in [3.63, 3.8) is 0 Å². The monoisotopic (exact) mass is 333 g/mol. The summed E-state index contributed by atoms with van der Waals surface area (Å²) in [5, 5.41) is 0.688. The third-order valence-electron chi connectivity index (χ3n) is 2.57. The fourth-order valence-electron chi connectivity index (χ4n) is 1.73. The number of ether oxygens (including phenoxy) is 1. The molecule has 0 N–H and O–H groups in total. The van der Waals surface area contributed by atoms with Crippen molar-refractivity contribution in [1.82, 2.24) is 4.98 Å². The number of methoxy groups -OCH3 is 1. The zero-order chi connectivity index (χ0) is 14.9.